The summed E-state index contributed by atoms with van der Waals surface area (Å²) < 4.78 is 64.8. The van der Waals surface area contributed by atoms with E-state index >= 15 is 0 Å². The minimum Gasteiger partial charge on any atom is -0.493 e. The van der Waals surface area contributed by atoms with Crippen molar-refractivity contribution in [3.05, 3.63) is 53.1 Å². The molecule has 10 heteroatoms. The quantitative estimate of drug-likeness (QED) is 0.613. The molecule has 0 saturated carbocycles. The number of hydrogen-bond donors (Lipinski definition) is 0. The maximum absolute atomic E-state index is 12.4. The Morgan fingerprint density at radius 3 is 2.57 bits per heavy atom. The van der Waals surface area contributed by atoms with Crippen molar-refractivity contribution < 1.29 is 36.2 Å². The molecule has 7 nitrogen and oxygen atoms in total. The summed E-state index contributed by atoms with van der Waals surface area (Å²) in [6, 6.07) is 8.74. The number of hydrogen-bond acceptors (Lipinski definition) is 6. The molecule has 1 atom stereocenters. The molecule has 2 aromatic carbocycles. The fourth-order valence-corrected chi connectivity index (χ4v) is 4.73. The third-order valence-electron chi connectivity index (χ3n) is 4.64. The van der Waals surface area contributed by atoms with Crippen LogP contribution in [0.2, 0.25) is 0 Å². The summed E-state index contributed by atoms with van der Waals surface area (Å²) in [5.74, 6) is -0.614. The molecule has 0 aliphatic carbocycles. The minimum absolute atomic E-state index is 0.0937. The number of carbonyl (C=O) groups is 1. The Kier molecular flexibility index (Phi) is 6.16. The number of methoxy groups -OCH3 is 1. The van der Waals surface area contributed by atoms with E-state index in [-0.39, 0.29) is 24.1 Å². The Morgan fingerprint density at radius 1 is 1.20 bits per heavy atom. The number of halogens is 2. The van der Waals surface area contributed by atoms with Gasteiger partial charge in [-0.2, -0.15) is 8.78 Å². The summed E-state index contributed by atoms with van der Waals surface area (Å²) >= 11 is 0. The van der Waals surface area contributed by atoms with E-state index in [2.05, 4.69) is 4.74 Å². The summed E-state index contributed by atoms with van der Waals surface area (Å²) in [5, 5.41) is 0. The highest BCUT2D eigenvalue weighted by atomic mass is 32.2. The van der Waals surface area contributed by atoms with Crippen molar-refractivity contribution in [2.45, 2.75) is 32.6 Å². The van der Waals surface area contributed by atoms with Gasteiger partial charge in [0.05, 0.1) is 24.6 Å². The molecule has 1 unspecified atom stereocenters. The van der Waals surface area contributed by atoms with E-state index in [9.17, 15) is 22.0 Å². The lowest BCUT2D eigenvalue weighted by atomic mass is 10.1. The van der Waals surface area contributed by atoms with Crippen molar-refractivity contribution in [2.75, 3.05) is 17.7 Å². The van der Waals surface area contributed by atoms with E-state index in [1.165, 1.54) is 35.7 Å². The second-order valence-electron chi connectivity index (χ2n) is 6.90. The molecular weight excluding hydrogens is 420 g/mol. The van der Waals surface area contributed by atoms with Gasteiger partial charge in [0.1, 0.15) is 6.61 Å². The first-order valence-electron chi connectivity index (χ1n) is 9.01. The highest BCUT2D eigenvalue weighted by Gasteiger charge is 2.32. The third-order valence-corrected chi connectivity index (χ3v) is 5.91. The van der Waals surface area contributed by atoms with Gasteiger partial charge < -0.3 is 14.2 Å². The second kappa shape index (κ2) is 8.47. The molecule has 0 bridgehead atoms. The lowest BCUT2D eigenvalue weighted by Crippen LogP contribution is -2.34. The van der Waals surface area contributed by atoms with Gasteiger partial charge in [0, 0.05) is 6.04 Å². The number of esters is 1. The molecule has 30 heavy (non-hydrogen) atoms. The molecule has 162 valence electrons. The number of fused-ring (bicyclic) bond motifs is 1. The van der Waals surface area contributed by atoms with Crippen LogP contribution in [0.1, 0.15) is 28.4 Å². The molecule has 0 aromatic heterocycles. The summed E-state index contributed by atoms with van der Waals surface area (Å²) in [5.41, 5.74) is 2.12. The van der Waals surface area contributed by atoms with Crippen molar-refractivity contribution in [3.63, 3.8) is 0 Å². The van der Waals surface area contributed by atoms with Gasteiger partial charge in [0.2, 0.25) is 10.0 Å². The van der Waals surface area contributed by atoms with Gasteiger partial charge in [-0.1, -0.05) is 6.07 Å². The van der Waals surface area contributed by atoms with E-state index in [4.69, 9.17) is 9.47 Å². The van der Waals surface area contributed by atoms with Crippen LogP contribution in [0.15, 0.2) is 36.4 Å². The van der Waals surface area contributed by atoms with Crippen LogP contribution in [0.4, 0.5) is 14.5 Å². The van der Waals surface area contributed by atoms with Gasteiger partial charge in [-0.25, -0.2) is 13.2 Å². The maximum atomic E-state index is 12.4. The Balaban J connectivity index is 1.71. The number of sulfonamides is 1. The molecule has 0 radical (unpaired) electrons. The van der Waals surface area contributed by atoms with Gasteiger partial charge in [-0.15, -0.1) is 0 Å². The van der Waals surface area contributed by atoms with Crippen molar-refractivity contribution in [1.29, 1.82) is 0 Å². The molecule has 0 saturated heterocycles. The third kappa shape index (κ3) is 4.64. The van der Waals surface area contributed by atoms with Gasteiger partial charge in [0.25, 0.3) is 0 Å². The van der Waals surface area contributed by atoms with E-state index in [0.717, 1.165) is 11.8 Å². The number of carbonyl (C=O) groups excluding carboxylic acids is 1. The van der Waals surface area contributed by atoms with E-state index in [1.54, 1.807) is 19.1 Å². The lowest BCUT2D eigenvalue weighted by Gasteiger charge is -2.21. The predicted molar refractivity (Wildman–Crippen MR) is 106 cm³/mol. The van der Waals surface area contributed by atoms with E-state index in [0.29, 0.717) is 23.2 Å². The largest absolute Gasteiger partial charge is 0.493 e. The average Bonchev–Trinajstić information content (AvgIpc) is 3.01. The Morgan fingerprint density at radius 2 is 1.93 bits per heavy atom. The molecule has 0 amide bonds. The van der Waals surface area contributed by atoms with Crippen LogP contribution in [-0.2, 0) is 27.8 Å². The molecule has 3 rings (SSSR count). The number of benzene rings is 2. The topological polar surface area (TPSA) is 82.1 Å². The summed E-state index contributed by atoms with van der Waals surface area (Å²) in [4.78, 5) is 12.4. The van der Waals surface area contributed by atoms with Crippen LogP contribution in [0.25, 0.3) is 0 Å². The first kappa shape index (κ1) is 21.8. The SMILES string of the molecule is COc1cc(COC(=O)c2ccc3c(c2)CC(C)N3S(C)(=O)=O)ccc1OC(F)F. The van der Waals surface area contributed by atoms with Crippen molar-refractivity contribution in [3.8, 4) is 11.5 Å². The number of alkyl halides is 2. The van der Waals surface area contributed by atoms with Gasteiger partial charge in [0.15, 0.2) is 11.5 Å². The van der Waals surface area contributed by atoms with Crippen LogP contribution in [0, 0.1) is 0 Å². The first-order chi connectivity index (χ1) is 14.1. The van der Waals surface area contributed by atoms with Crippen LogP contribution < -0.4 is 13.8 Å². The molecule has 0 spiro atoms. The average molecular weight is 441 g/mol. The Hall–Kier alpha value is -2.88. The lowest BCUT2D eigenvalue weighted by molar-refractivity contribution is -0.0512. The zero-order valence-corrected chi connectivity index (χ0v) is 17.4. The van der Waals surface area contributed by atoms with Crippen LogP contribution in [-0.4, -0.2) is 40.4 Å². The van der Waals surface area contributed by atoms with Crippen LogP contribution in [0.5, 0.6) is 11.5 Å². The zero-order valence-electron chi connectivity index (χ0n) is 16.6. The Labute approximate surface area is 173 Å². The normalized spacial score (nSPS) is 15.8. The van der Waals surface area contributed by atoms with E-state index in [1.807, 2.05) is 0 Å². The maximum Gasteiger partial charge on any atom is 0.387 e. The number of nitrogens with zero attached hydrogens (tertiary/aromatic N) is 1. The highest BCUT2D eigenvalue weighted by Crippen LogP contribution is 2.35. The standard InChI is InChI=1S/C20H21F2NO6S/c1-12-8-15-10-14(5-6-16(15)23(12)30(3,25)26)19(24)28-11-13-4-7-17(29-20(21)22)18(9-13)27-2/h4-7,9-10,12,20H,8,11H2,1-3H3. The summed E-state index contributed by atoms with van der Waals surface area (Å²) in [7, 11) is -2.10. The zero-order chi connectivity index (χ0) is 22.1. The fraction of sp³-hybridized carbons (Fsp3) is 0.350. The highest BCUT2D eigenvalue weighted by molar-refractivity contribution is 7.92. The molecule has 1 aliphatic rings. The monoisotopic (exact) mass is 441 g/mol. The second-order valence-corrected chi connectivity index (χ2v) is 8.75. The van der Waals surface area contributed by atoms with Crippen LogP contribution in [0.3, 0.4) is 0 Å². The molecule has 2 aromatic rings. The van der Waals surface area contributed by atoms with Gasteiger partial charge in [-0.05, 0) is 54.8 Å². The molecular formula is C20H21F2NO6S. The fourth-order valence-electron chi connectivity index (χ4n) is 3.46. The summed E-state index contributed by atoms with van der Waals surface area (Å²) in [6.07, 6.45) is 1.64. The number of rotatable bonds is 7. The molecule has 0 fully saturated rings. The summed E-state index contributed by atoms with van der Waals surface area (Å²) in [6.45, 7) is -1.29. The van der Waals surface area contributed by atoms with Gasteiger partial charge in [-0.3, -0.25) is 4.31 Å². The van der Waals surface area contributed by atoms with Crippen molar-refractivity contribution in [2.24, 2.45) is 0 Å². The smallest absolute Gasteiger partial charge is 0.387 e. The Bertz CT molecular complexity index is 1060. The first-order valence-corrected chi connectivity index (χ1v) is 10.9. The molecule has 0 N–H and O–H groups in total. The minimum atomic E-state index is -3.41. The molecule has 1 aliphatic heterocycles. The number of anilines is 1. The predicted octanol–water partition coefficient (Wildman–Crippen LogP) is 3.36. The van der Waals surface area contributed by atoms with Gasteiger partial charge >= 0.3 is 12.6 Å². The van der Waals surface area contributed by atoms with Crippen molar-refractivity contribution in [1.82, 2.24) is 0 Å². The van der Waals surface area contributed by atoms with Crippen molar-refractivity contribution >= 4 is 21.7 Å². The van der Waals surface area contributed by atoms with E-state index < -0.39 is 22.6 Å². The number of ether oxygens (including phenoxy) is 3. The molecule has 1 heterocycles. The van der Waals surface area contributed by atoms with Crippen LogP contribution >= 0.6 is 0 Å².